The average molecular weight is 576 g/mol. The number of urea groups is 1. The van der Waals surface area contributed by atoms with E-state index in [1.165, 1.54) is 6.08 Å². The van der Waals surface area contributed by atoms with E-state index in [0.717, 1.165) is 27.2 Å². The number of imide groups is 2. The van der Waals surface area contributed by atoms with E-state index in [-0.39, 0.29) is 23.8 Å². The van der Waals surface area contributed by atoms with Gasteiger partial charge in [0, 0.05) is 15.7 Å². The highest BCUT2D eigenvalue weighted by Crippen LogP contribution is 2.29. The number of hydrogen-bond donors (Lipinski definition) is 2. The fraction of sp³-hybridized carbons (Fsp3) is 0.172. The summed E-state index contributed by atoms with van der Waals surface area (Å²) in [5.74, 6) is -1.66. The van der Waals surface area contributed by atoms with Crippen molar-refractivity contribution < 1.29 is 23.9 Å². The number of anilines is 2. The second-order valence-electron chi connectivity index (χ2n) is 9.06. The van der Waals surface area contributed by atoms with Crippen LogP contribution in [-0.2, 0) is 14.4 Å². The number of carbonyl (C=O) groups is 4. The molecule has 0 saturated carbocycles. The van der Waals surface area contributed by atoms with Gasteiger partial charge in [0.1, 0.15) is 11.3 Å². The number of hydrogen-bond acceptors (Lipinski definition) is 5. The second kappa shape index (κ2) is 11.0. The number of barbiturate groups is 1. The molecule has 1 fully saturated rings. The first-order valence-electron chi connectivity index (χ1n) is 11.8. The average Bonchev–Trinajstić information content (AvgIpc) is 2.85. The number of carbonyl (C=O) groups excluding carboxylic acids is 4. The zero-order chi connectivity index (χ0) is 27.6. The van der Waals surface area contributed by atoms with Gasteiger partial charge in [0.2, 0.25) is 0 Å². The predicted molar refractivity (Wildman–Crippen MR) is 149 cm³/mol. The monoisotopic (exact) mass is 575 g/mol. The van der Waals surface area contributed by atoms with E-state index in [2.05, 4.69) is 26.6 Å². The summed E-state index contributed by atoms with van der Waals surface area (Å²) in [6.45, 7) is 7.33. The van der Waals surface area contributed by atoms with E-state index in [4.69, 9.17) is 4.74 Å². The molecule has 0 aromatic heterocycles. The molecule has 4 rings (SSSR count). The molecule has 1 heterocycles. The first kappa shape index (κ1) is 26.8. The summed E-state index contributed by atoms with van der Waals surface area (Å²) in [7, 11) is 0. The number of benzene rings is 3. The Kier molecular flexibility index (Phi) is 7.78. The number of rotatable bonds is 6. The quantitative estimate of drug-likeness (QED) is 0.304. The lowest BCUT2D eigenvalue weighted by Gasteiger charge is -2.27. The lowest BCUT2D eigenvalue weighted by atomic mass is 10.0. The number of nitrogens with zero attached hydrogens (tertiary/aromatic N) is 1. The van der Waals surface area contributed by atoms with Crippen LogP contribution >= 0.6 is 15.9 Å². The van der Waals surface area contributed by atoms with Gasteiger partial charge in [0.15, 0.2) is 6.61 Å². The van der Waals surface area contributed by atoms with Gasteiger partial charge in [0.05, 0.1) is 5.69 Å². The number of ether oxygens (including phenoxy) is 1. The minimum atomic E-state index is -0.825. The van der Waals surface area contributed by atoms with Crippen LogP contribution in [0.4, 0.5) is 16.2 Å². The normalized spacial score (nSPS) is 14.5. The molecule has 0 radical (unpaired) electrons. The molecule has 1 aliphatic rings. The second-order valence-corrected chi connectivity index (χ2v) is 9.98. The third-order valence-corrected chi connectivity index (χ3v) is 6.64. The van der Waals surface area contributed by atoms with Crippen molar-refractivity contribution in [2.75, 3.05) is 16.8 Å². The molecular weight excluding hydrogens is 550 g/mol. The summed E-state index contributed by atoms with van der Waals surface area (Å²) in [5.41, 5.74) is 5.01. The Balaban J connectivity index is 1.59. The number of amides is 5. The van der Waals surface area contributed by atoms with Crippen LogP contribution in [-0.4, -0.2) is 30.4 Å². The van der Waals surface area contributed by atoms with Gasteiger partial charge in [-0.05, 0) is 92.4 Å². The maximum absolute atomic E-state index is 13.3. The van der Waals surface area contributed by atoms with E-state index < -0.39 is 17.8 Å². The van der Waals surface area contributed by atoms with Crippen molar-refractivity contribution in [2.45, 2.75) is 27.7 Å². The molecule has 8 nitrogen and oxygen atoms in total. The van der Waals surface area contributed by atoms with Crippen molar-refractivity contribution in [1.29, 1.82) is 0 Å². The van der Waals surface area contributed by atoms with Crippen LogP contribution in [0.25, 0.3) is 6.08 Å². The van der Waals surface area contributed by atoms with Crippen molar-refractivity contribution in [1.82, 2.24) is 5.32 Å². The third-order valence-electron chi connectivity index (χ3n) is 6.15. The first-order valence-corrected chi connectivity index (χ1v) is 12.6. The molecule has 0 spiro atoms. The fourth-order valence-electron chi connectivity index (χ4n) is 3.88. The molecule has 0 aliphatic carbocycles. The Hall–Kier alpha value is -4.24. The Morgan fingerprint density at radius 1 is 0.947 bits per heavy atom. The smallest absolute Gasteiger partial charge is 0.335 e. The Labute approximate surface area is 228 Å². The lowest BCUT2D eigenvalue weighted by Crippen LogP contribution is -2.54. The minimum Gasteiger partial charge on any atom is -0.483 e. The summed E-state index contributed by atoms with van der Waals surface area (Å²) >= 11 is 3.39. The van der Waals surface area contributed by atoms with Crippen molar-refractivity contribution in [3.8, 4) is 5.75 Å². The van der Waals surface area contributed by atoms with E-state index in [9.17, 15) is 19.2 Å². The van der Waals surface area contributed by atoms with Gasteiger partial charge < -0.3 is 10.1 Å². The summed E-state index contributed by atoms with van der Waals surface area (Å²) < 4.78 is 6.44. The van der Waals surface area contributed by atoms with Crippen LogP contribution in [0.15, 0.2) is 64.6 Å². The molecule has 38 heavy (non-hydrogen) atoms. The molecule has 0 unspecified atom stereocenters. The lowest BCUT2D eigenvalue weighted by molar-refractivity contribution is -0.122. The van der Waals surface area contributed by atoms with Crippen LogP contribution < -0.4 is 20.3 Å². The Morgan fingerprint density at radius 3 is 2.42 bits per heavy atom. The molecule has 3 aromatic carbocycles. The molecule has 9 heteroatoms. The maximum atomic E-state index is 13.3. The molecule has 2 N–H and O–H groups in total. The van der Waals surface area contributed by atoms with E-state index >= 15 is 0 Å². The highest BCUT2D eigenvalue weighted by Gasteiger charge is 2.37. The maximum Gasteiger partial charge on any atom is 0.335 e. The van der Waals surface area contributed by atoms with Gasteiger partial charge in [-0.1, -0.05) is 34.1 Å². The minimum absolute atomic E-state index is 0.245. The number of aryl methyl sites for hydroxylation is 4. The topological polar surface area (TPSA) is 105 Å². The first-order chi connectivity index (χ1) is 18.0. The van der Waals surface area contributed by atoms with Gasteiger partial charge >= 0.3 is 6.03 Å². The molecule has 0 bridgehead atoms. The van der Waals surface area contributed by atoms with E-state index in [1.54, 1.807) is 36.4 Å². The zero-order valence-electron chi connectivity index (χ0n) is 21.3. The highest BCUT2D eigenvalue weighted by molar-refractivity contribution is 9.10. The van der Waals surface area contributed by atoms with Crippen molar-refractivity contribution >= 4 is 57.1 Å². The van der Waals surface area contributed by atoms with Crippen LogP contribution in [0.3, 0.4) is 0 Å². The predicted octanol–water partition coefficient (Wildman–Crippen LogP) is 5.37. The van der Waals surface area contributed by atoms with Gasteiger partial charge in [0.25, 0.3) is 17.7 Å². The summed E-state index contributed by atoms with van der Waals surface area (Å²) in [6, 6.07) is 15.1. The Morgan fingerprint density at radius 2 is 1.68 bits per heavy atom. The van der Waals surface area contributed by atoms with Crippen molar-refractivity contribution in [2.24, 2.45) is 0 Å². The summed E-state index contributed by atoms with van der Waals surface area (Å²) in [6.07, 6.45) is 1.35. The van der Waals surface area contributed by atoms with Gasteiger partial charge in [-0.25, -0.2) is 9.69 Å². The van der Waals surface area contributed by atoms with E-state index in [0.29, 0.717) is 21.4 Å². The highest BCUT2D eigenvalue weighted by atomic mass is 79.9. The zero-order valence-corrected chi connectivity index (χ0v) is 22.9. The largest absolute Gasteiger partial charge is 0.483 e. The molecule has 194 valence electrons. The summed E-state index contributed by atoms with van der Waals surface area (Å²) in [5, 5.41) is 5.06. The molecule has 1 saturated heterocycles. The number of nitrogens with one attached hydrogen (secondary N) is 2. The molecule has 5 amide bonds. The van der Waals surface area contributed by atoms with Crippen molar-refractivity contribution in [3.63, 3.8) is 0 Å². The SMILES string of the molecule is Cc1ccc(C)c(NC(=O)COc2ccc(Br)cc2/C=C2/C(=O)NC(=O)N(c3ccc(C)c(C)c3)C2=O)c1. The van der Waals surface area contributed by atoms with E-state index in [1.807, 2.05) is 45.9 Å². The molecule has 0 atom stereocenters. The molecule has 3 aromatic rings. The number of halogens is 1. The third kappa shape index (κ3) is 5.84. The van der Waals surface area contributed by atoms with Crippen molar-refractivity contribution in [3.05, 3.63) is 92.5 Å². The van der Waals surface area contributed by atoms with Crippen LogP contribution in [0.5, 0.6) is 5.75 Å². The van der Waals surface area contributed by atoms with Gasteiger partial charge in [-0.15, -0.1) is 0 Å². The van der Waals surface area contributed by atoms with Crippen LogP contribution in [0, 0.1) is 27.7 Å². The summed E-state index contributed by atoms with van der Waals surface area (Å²) in [4.78, 5) is 52.1. The Bertz CT molecular complexity index is 1510. The molecular formula is C29H26BrN3O5. The van der Waals surface area contributed by atoms with Gasteiger partial charge in [-0.2, -0.15) is 0 Å². The van der Waals surface area contributed by atoms with Gasteiger partial charge in [-0.3, -0.25) is 19.7 Å². The fourth-order valence-corrected chi connectivity index (χ4v) is 4.25. The van der Waals surface area contributed by atoms with Crippen LogP contribution in [0.1, 0.15) is 27.8 Å². The van der Waals surface area contributed by atoms with Crippen LogP contribution in [0.2, 0.25) is 0 Å². The molecule has 1 aliphatic heterocycles. The standard InChI is InChI=1S/C29H26BrN3O5/c1-16-5-6-18(3)24(11-16)31-26(34)15-38-25-10-8-21(30)13-20(25)14-23-27(35)32-29(37)33(28(23)36)22-9-7-17(2)19(4)12-22/h5-14H,15H2,1-4H3,(H,31,34)(H,32,35,37)/b23-14-.